The zero-order chi connectivity index (χ0) is 13.6. The van der Waals surface area contributed by atoms with E-state index < -0.39 is 0 Å². The Kier molecular flexibility index (Phi) is 4.32. The number of benzene rings is 2. The van der Waals surface area contributed by atoms with Crippen LogP contribution in [0.4, 0.5) is 0 Å². The molecule has 1 fully saturated rings. The van der Waals surface area contributed by atoms with Crippen molar-refractivity contribution in [2.24, 2.45) is 5.92 Å². The highest BCUT2D eigenvalue weighted by molar-refractivity contribution is 5.49. The summed E-state index contributed by atoms with van der Waals surface area (Å²) in [6.07, 6.45) is 10.1. The van der Waals surface area contributed by atoms with E-state index in [4.69, 9.17) is 0 Å². The van der Waals surface area contributed by atoms with E-state index in [-0.39, 0.29) is 0 Å². The number of rotatable bonds is 3. The third-order valence-corrected chi connectivity index (χ3v) is 4.38. The molecule has 2 atom stereocenters. The Labute approximate surface area is 122 Å². The molecule has 0 radical (unpaired) electrons. The molecule has 0 nitrogen and oxygen atoms in total. The Bertz CT molecular complexity index is 539. The molecule has 0 heterocycles. The minimum Gasteiger partial charge on any atom is -0.0802 e. The zero-order valence-corrected chi connectivity index (χ0v) is 11.9. The summed E-state index contributed by atoms with van der Waals surface area (Å²) in [6, 6.07) is 21.7. The summed E-state index contributed by atoms with van der Waals surface area (Å²) in [5.41, 5.74) is 2.82. The van der Waals surface area contributed by atoms with Crippen molar-refractivity contribution in [2.45, 2.75) is 31.6 Å². The minimum absolute atomic E-state index is 0.686. The van der Waals surface area contributed by atoms with Crippen LogP contribution in [0.2, 0.25) is 0 Å². The van der Waals surface area contributed by atoms with E-state index in [1.807, 2.05) is 0 Å². The first kappa shape index (κ1) is 13.2. The summed E-state index contributed by atoms with van der Waals surface area (Å²) in [4.78, 5) is 0. The van der Waals surface area contributed by atoms with Crippen molar-refractivity contribution in [1.82, 2.24) is 0 Å². The van der Waals surface area contributed by atoms with Gasteiger partial charge < -0.3 is 0 Å². The molecule has 1 aliphatic rings. The van der Waals surface area contributed by atoms with E-state index in [1.54, 1.807) is 0 Å². The van der Waals surface area contributed by atoms with Gasteiger partial charge in [0.05, 0.1) is 0 Å². The minimum atomic E-state index is 0.686. The molecule has 0 unspecified atom stereocenters. The standard InChI is InChI=1S/C20H22/c1-3-9-17(10-4-1)15-16-19-13-7-8-14-20(19)18-11-5-2-6-12-18/h1-6,9-12,15-16,19-20H,7-8,13-14H2/b16-15+/t19-,20-/m0/s1. The second-order valence-corrected chi connectivity index (χ2v) is 5.74. The molecule has 0 heteroatoms. The van der Waals surface area contributed by atoms with Crippen LogP contribution in [0, 0.1) is 5.92 Å². The lowest BCUT2D eigenvalue weighted by Crippen LogP contribution is -2.15. The van der Waals surface area contributed by atoms with E-state index in [0.717, 1.165) is 0 Å². The summed E-state index contributed by atoms with van der Waals surface area (Å²) in [7, 11) is 0. The predicted molar refractivity (Wildman–Crippen MR) is 86.6 cm³/mol. The van der Waals surface area contributed by atoms with Crippen molar-refractivity contribution in [3.63, 3.8) is 0 Å². The maximum Gasteiger partial charge on any atom is -0.00989 e. The maximum atomic E-state index is 2.44. The molecule has 20 heavy (non-hydrogen) atoms. The van der Waals surface area contributed by atoms with E-state index in [0.29, 0.717) is 11.8 Å². The van der Waals surface area contributed by atoms with Crippen molar-refractivity contribution in [2.75, 3.05) is 0 Å². The Morgan fingerprint density at radius 3 is 2.15 bits per heavy atom. The predicted octanol–water partition coefficient (Wildman–Crippen LogP) is 5.67. The highest BCUT2D eigenvalue weighted by atomic mass is 14.3. The third kappa shape index (κ3) is 3.19. The average molecular weight is 262 g/mol. The molecule has 0 saturated heterocycles. The summed E-state index contributed by atoms with van der Waals surface area (Å²) in [6.45, 7) is 0. The molecule has 0 amide bonds. The SMILES string of the molecule is C(=C\[C@@H]1CCCC[C@H]1c1ccccc1)/c1ccccc1. The molecular weight excluding hydrogens is 240 g/mol. The lowest BCUT2D eigenvalue weighted by molar-refractivity contribution is 0.363. The molecular formula is C20H22. The summed E-state index contributed by atoms with van der Waals surface area (Å²) in [5.74, 6) is 1.39. The Balaban J connectivity index is 1.78. The van der Waals surface area contributed by atoms with Gasteiger partial charge in [0, 0.05) is 0 Å². The number of allylic oxidation sites excluding steroid dienone is 1. The number of hydrogen-bond acceptors (Lipinski definition) is 0. The van der Waals surface area contributed by atoms with Crippen molar-refractivity contribution < 1.29 is 0 Å². The first-order valence-corrected chi connectivity index (χ1v) is 7.72. The van der Waals surface area contributed by atoms with Crippen LogP contribution in [0.25, 0.3) is 6.08 Å². The molecule has 0 aliphatic heterocycles. The summed E-state index contributed by atoms with van der Waals surface area (Å²) < 4.78 is 0. The van der Waals surface area contributed by atoms with Crippen LogP contribution in [0.1, 0.15) is 42.7 Å². The Morgan fingerprint density at radius 1 is 0.750 bits per heavy atom. The van der Waals surface area contributed by atoms with Crippen LogP contribution in [-0.4, -0.2) is 0 Å². The van der Waals surface area contributed by atoms with Gasteiger partial charge in [-0.05, 0) is 35.8 Å². The fourth-order valence-electron chi connectivity index (χ4n) is 3.30. The molecule has 1 saturated carbocycles. The zero-order valence-electron chi connectivity index (χ0n) is 11.9. The summed E-state index contributed by atoms with van der Waals surface area (Å²) >= 11 is 0. The highest BCUT2D eigenvalue weighted by Gasteiger charge is 2.24. The lowest BCUT2D eigenvalue weighted by Gasteiger charge is -2.30. The van der Waals surface area contributed by atoms with E-state index >= 15 is 0 Å². The van der Waals surface area contributed by atoms with Crippen LogP contribution in [0.5, 0.6) is 0 Å². The van der Waals surface area contributed by atoms with Gasteiger partial charge in [-0.2, -0.15) is 0 Å². The molecule has 3 rings (SSSR count). The van der Waals surface area contributed by atoms with E-state index in [9.17, 15) is 0 Å². The average Bonchev–Trinajstić information content (AvgIpc) is 2.55. The molecule has 2 aromatic rings. The molecule has 2 aromatic carbocycles. The van der Waals surface area contributed by atoms with Crippen LogP contribution in [0.3, 0.4) is 0 Å². The summed E-state index contributed by atoms with van der Waals surface area (Å²) in [5, 5.41) is 0. The van der Waals surface area contributed by atoms with Crippen molar-refractivity contribution >= 4 is 6.08 Å². The van der Waals surface area contributed by atoms with Crippen molar-refractivity contribution in [3.05, 3.63) is 77.9 Å². The van der Waals surface area contributed by atoms with Gasteiger partial charge >= 0.3 is 0 Å². The molecule has 0 spiro atoms. The largest absolute Gasteiger partial charge is 0.0802 e. The highest BCUT2D eigenvalue weighted by Crippen LogP contribution is 2.38. The molecule has 102 valence electrons. The van der Waals surface area contributed by atoms with Crippen LogP contribution in [-0.2, 0) is 0 Å². The van der Waals surface area contributed by atoms with Gasteiger partial charge in [0.15, 0.2) is 0 Å². The maximum absolute atomic E-state index is 2.44. The van der Waals surface area contributed by atoms with Gasteiger partial charge in [-0.25, -0.2) is 0 Å². The normalized spacial score (nSPS) is 23.0. The fourth-order valence-corrected chi connectivity index (χ4v) is 3.30. The number of hydrogen-bond donors (Lipinski definition) is 0. The van der Waals surface area contributed by atoms with Gasteiger partial charge in [0.1, 0.15) is 0 Å². The third-order valence-electron chi connectivity index (χ3n) is 4.38. The van der Waals surface area contributed by atoms with Gasteiger partial charge in [-0.15, -0.1) is 0 Å². The Hall–Kier alpha value is -1.82. The monoisotopic (exact) mass is 262 g/mol. The smallest absolute Gasteiger partial charge is 0.00989 e. The van der Waals surface area contributed by atoms with Gasteiger partial charge in [-0.1, -0.05) is 85.7 Å². The Morgan fingerprint density at radius 2 is 1.40 bits per heavy atom. The molecule has 0 bridgehead atoms. The first-order valence-electron chi connectivity index (χ1n) is 7.72. The van der Waals surface area contributed by atoms with E-state index in [1.165, 1.54) is 36.8 Å². The van der Waals surface area contributed by atoms with Crippen molar-refractivity contribution in [3.8, 4) is 0 Å². The second-order valence-electron chi connectivity index (χ2n) is 5.74. The fraction of sp³-hybridized carbons (Fsp3) is 0.300. The van der Waals surface area contributed by atoms with Gasteiger partial charge in [0.2, 0.25) is 0 Å². The van der Waals surface area contributed by atoms with Crippen LogP contribution >= 0.6 is 0 Å². The topological polar surface area (TPSA) is 0 Å². The lowest BCUT2D eigenvalue weighted by atomic mass is 9.75. The molecule has 1 aliphatic carbocycles. The van der Waals surface area contributed by atoms with Gasteiger partial charge in [-0.3, -0.25) is 0 Å². The van der Waals surface area contributed by atoms with Gasteiger partial charge in [0.25, 0.3) is 0 Å². The second kappa shape index (κ2) is 6.56. The van der Waals surface area contributed by atoms with Crippen molar-refractivity contribution in [1.29, 1.82) is 0 Å². The van der Waals surface area contributed by atoms with Crippen LogP contribution in [0.15, 0.2) is 66.7 Å². The van der Waals surface area contributed by atoms with E-state index in [2.05, 4.69) is 72.8 Å². The first-order chi connectivity index (χ1) is 9.93. The van der Waals surface area contributed by atoms with Crippen LogP contribution < -0.4 is 0 Å². The molecule has 0 aromatic heterocycles. The molecule has 0 N–H and O–H groups in total. The quantitative estimate of drug-likeness (QED) is 0.668.